The molecule has 0 aliphatic carbocycles. The third-order valence-electron chi connectivity index (χ3n) is 0.516. The van der Waals surface area contributed by atoms with Crippen LogP contribution >= 0.6 is 0 Å². The first-order valence-electron chi connectivity index (χ1n) is 2.32. The second-order valence-corrected chi connectivity index (χ2v) is 3.77. The van der Waals surface area contributed by atoms with Crippen LogP contribution in [0, 0.1) is 0 Å². The maximum atomic E-state index is 12.3. The summed E-state index contributed by atoms with van der Waals surface area (Å²) in [7, 11) is -4.66. The molecule has 0 bridgehead atoms. The zero-order valence-electron chi connectivity index (χ0n) is 5.19. The maximum Gasteiger partial charge on any atom is 0.305 e. The molecule has 0 spiro atoms. The van der Waals surface area contributed by atoms with Crippen LogP contribution in [-0.4, -0.2) is 19.8 Å². The van der Waals surface area contributed by atoms with E-state index in [1.54, 1.807) is 0 Å². The molecule has 2 nitrogen and oxygen atoms in total. The molecule has 0 radical (unpaired) electrons. The van der Waals surface area contributed by atoms with Gasteiger partial charge in [-0.2, -0.15) is 8.42 Å². The summed E-state index contributed by atoms with van der Waals surface area (Å²) >= 11 is 0. The van der Waals surface area contributed by atoms with Gasteiger partial charge in [0.05, 0.1) is 0 Å². The zero-order chi connectivity index (χ0) is 7.71. The van der Waals surface area contributed by atoms with Gasteiger partial charge in [-0.25, -0.2) is 4.39 Å². The fraction of sp³-hybridized carbons (Fsp3) is 1.00. The average molecular weight is 158 g/mol. The van der Waals surface area contributed by atoms with Gasteiger partial charge in [-0.1, -0.05) is 0 Å². The van der Waals surface area contributed by atoms with E-state index in [9.17, 15) is 16.7 Å². The van der Waals surface area contributed by atoms with E-state index in [1.165, 1.54) is 0 Å². The van der Waals surface area contributed by atoms with Crippen molar-refractivity contribution in [1.82, 2.24) is 0 Å². The van der Waals surface area contributed by atoms with E-state index in [0.717, 1.165) is 13.8 Å². The molecular formula is C4H8F2O2S. The first-order chi connectivity index (χ1) is 3.71. The molecule has 56 valence electrons. The first kappa shape index (κ1) is 8.81. The van der Waals surface area contributed by atoms with Crippen LogP contribution in [0.2, 0.25) is 0 Å². The standard InChI is InChI=1S/C4H8F2O2S/c1-4(2,5)3-9(6,7)8/h3H2,1-2H3. The van der Waals surface area contributed by atoms with Gasteiger partial charge in [0.2, 0.25) is 0 Å². The van der Waals surface area contributed by atoms with Crippen molar-refractivity contribution in [2.24, 2.45) is 0 Å². The number of alkyl halides is 1. The van der Waals surface area contributed by atoms with Crippen LogP contribution in [0.1, 0.15) is 13.8 Å². The Bertz CT molecular complexity index is 177. The minimum atomic E-state index is -4.66. The smallest absolute Gasteiger partial charge is 0.243 e. The van der Waals surface area contributed by atoms with Crippen LogP contribution in [0.5, 0.6) is 0 Å². The number of halogens is 2. The Morgan fingerprint density at radius 1 is 1.44 bits per heavy atom. The molecule has 0 aliphatic rings. The molecule has 0 unspecified atom stereocenters. The van der Waals surface area contributed by atoms with Crippen molar-refractivity contribution in [2.45, 2.75) is 19.5 Å². The predicted octanol–water partition coefficient (Wildman–Crippen LogP) is 1.03. The molecule has 5 heteroatoms. The minimum Gasteiger partial charge on any atom is -0.243 e. The normalized spacial score (nSPS) is 13.8. The Hall–Kier alpha value is -0.190. The fourth-order valence-electron chi connectivity index (χ4n) is 0.410. The summed E-state index contributed by atoms with van der Waals surface area (Å²) in [6, 6.07) is 0. The van der Waals surface area contributed by atoms with E-state index in [2.05, 4.69) is 0 Å². The molecule has 0 aromatic carbocycles. The second-order valence-electron chi connectivity index (χ2n) is 2.40. The molecule has 0 atom stereocenters. The summed E-state index contributed by atoms with van der Waals surface area (Å²) in [5.74, 6) is -1.07. The van der Waals surface area contributed by atoms with Crippen molar-refractivity contribution in [3.63, 3.8) is 0 Å². The summed E-state index contributed by atoms with van der Waals surface area (Å²) in [6.45, 7) is 2.01. The monoisotopic (exact) mass is 158 g/mol. The van der Waals surface area contributed by atoms with Gasteiger partial charge < -0.3 is 0 Å². The lowest BCUT2D eigenvalue weighted by atomic mass is 10.2. The number of hydrogen-bond acceptors (Lipinski definition) is 2. The first-order valence-corrected chi connectivity index (χ1v) is 3.87. The van der Waals surface area contributed by atoms with Crippen LogP contribution in [0.4, 0.5) is 8.28 Å². The van der Waals surface area contributed by atoms with Gasteiger partial charge in [-0.15, -0.1) is 3.89 Å². The number of hydrogen-bond donors (Lipinski definition) is 0. The highest BCUT2D eigenvalue weighted by molar-refractivity contribution is 7.86. The summed E-state index contributed by atoms with van der Waals surface area (Å²) in [6.07, 6.45) is 0. The highest BCUT2D eigenvalue weighted by Crippen LogP contribution is 2.11. The van der Waals surface area contributed by atoms with Crippen molar-refractivity contribution >= 4 is 10.2 Å². The Morgan fingerprint density at radius 2 is 1.78 bits per heavy atom. The molecule has 0 rings (SSSR count). The quantitative estimate of drug-likeness (QED) is 0.562. The third kappa shape index (κ3) is 7.81. The van der Waals surface area contributed by atoms with Gasteiger partial charge in [-0.05, 0) is 13.8 Å². The van der Waals surface area contributed by atoms with Gasteiger partial charge >= 0.3 is 10.2 Å². The lowest BCUT2D eigenvalue weighted by Crippen LogP contribution is -2.22. The van der Waals surface area contributed by atoms with Gasteiger partial charge in [-0.3, -0.25) is 0 Å². The largest absolute Gasteiger partial charge is 0.305 e. The molecule has 9 heavy (non-hydrogen) atoms. The van der Waals surface area contributed by atoms with Crippen LogP contribution in [-0.2, 0) is 10.2 Å². The summed E-state index contributed by atoms with van der Waals surface area (Å²) in [5, 5.41) is 0. The topological polar surface area (TPSA) is 34.1 Å². The van der Waals surface area contributed by atoms with Crippen LogP contribution in [0.3, 0.4) is 0 Å². The van der Waals surface area contributed by atoms with Crippen LogP contribution < -0.4 is 0 Å². The van der Waals surface area contributed by atoms with Crippen molar-refractivity contribution in [3.05, 3.63) is 0 Å². The zero-order valence-corrected chi connectivity index (χ0v) is 6.00. The molecule has 0 aromatic heterocycles. The van der Waals surface area contributed by atoms with E-state index in [0.29, 0.717) is 0 Å². The Morgan fingerprint density at radius 3 is 1.78 bits per heavy atom. The molecule has 0 aliphatic heterocycles. The van der Waals surface area contributed by atoms with Crippen molar-refractivity contribution in [3.8, 4) is 0 Å². The van der Waals surface area contributed by atoms with E-state index in [-0.39, 0.29) is 0 Å². The van der Waals surface area contributed by atoms with Crippen molar-refractivity contribution < 1.29 is 16.7 Å². The van der Waals surface area contributed by atoms with Crippen LogP contribution in [0.25, 0.3) is 0 Å². The van der Waals surface area contributed by atoms with Gasteiger partial charge in [0, 0.05) is 0 Å². The molecular weight excluding hydrogens is 150 g/mol. The summed E-state index contributed by atoms with van der Waals surface area (Å²) in [4.78, 5) is 0. The molecule has 0 amide bonds. The molecule has 0 fully saturated rings. The van der Waals surface area contributed by atoms with E-state index < -0.39 is 21.6 Å². The lowest BCUT2D eigenvalue weighted by molar-refractivity contribution is 0.247. The summed E-state index contributed by atoms with van der Waals surface area (Å²) < 4.78 is 43.4. The van der Waals surface area contributed by atoms with Gasteiger partial charge in [0.15, 0.2) is 0 Å². The molecule has 0 aromatic rings. The van der Waals surface area contributed by atoms with E-state index >= 15 is 0 Å². The predicted molar refractivity (Wildman–Crippen MR) is 30.1 cm³/mol. The minimum absolute atomic E-state index is 1.00. The second kappa shape index (κ2) is 2.21. The van der Waals surface area contributed by atoms with E-state index in [1.807, 2.05) is 0 Å². The highest BCUT2D eigenvalue weighted by Gasteiger charge is 2.24. The molecule has 0 heterocycles. The molecule has 0 N–H and O–H groups in total. The Labute approximate surface area is 53.1 Å². The van der Waals surface area contributed by atoms with Gasteiger partial charge in [0.25, 0.3) is 0 Å². The maximum absolute atomic E-state index is 12.3. The van der Waals surface area contributed by atoms with E-state index in [4.69, 9.17) is 0 Å². The Balaban J connectivity index is 4.07. The highest BCUT2D eigenvalue weighted by atomic mass is 32.3. The lowest BCUT2D eigenvalue weighted by Gasteiger charge is -2.08. The van der Waals surface area contributed by atoms with Crippen molar-refractivity contribution in [1.29, 1.82) is 0 Å². The summed E-state index contributed by atoms with van der Waals surface area (Å²) in [5.41, 5.74) is -1.98. The average Bonchev–Trinajstić information content (AvgIpc) is 1.14. The van der Waals surface area contributed by atoms with Gasteiger partial charge in [0.1, 0.15) is 11.4 Å². The van der Waals surface area contributed by atoms with Crippen LogP contribution in [0.15, 0.2) is 0 Å². The number of rotatable bonds is 2. The SMILES string of the molecule is CC(C)(F)CS(=O)(=O)F. The Kier molecular flexibility index (Phi) is 2.16. The third-order valence-corrected chi connectivity index (χ3v) is 1.55. The fourth-order valence-corrected chi connectivity index (χ4v) is 1.23. The molecule has 0 saturated carbocycles. The molecule has 0 saturated heterocycles. The van der Waals surface area contributed by atoms with Crippen molar-refractivity contribution in [2.75, 3.05) is 5.75 Å².